The highest BCUT2D eigenvalue weighted by Crippen LogP contribution is 2.22. The molecular weight excluding hydrogens is 378 g/mol. The second-order valence-corrected chi connectivity index (χ2v) is 7.42. The van der Waals surface area contributed by atoms with Crippen LogP contribution in [0.25, 0.3) is 0 Å². The average Bonchev–Trinajstić information content (AvgIpc) is 2.96. The van der Waals surface area contributed by atoms with Gasteiger partial charge in [0.05, 0.1) is 24.3 Å². The van der Waals surface area contributed by atoms with Gasteiger partial charge in [-0.1, -0.05) is 18.2 Å². The molecule has 0 saturated heterocycles. The number of H-pyrrole nitrogens is 1. The number of benzene rings is 1. The molecule has 0 radical (unpaired) electrons. The van der Waals surface area contributed by atoms with E-state index in [4.69, 9.17) is 9.47 Å². The van der Waals surface area contributed by atoms with Crippen LogP contribution in [0.15, 0.2) is 35.2 Å². The predicted octanol–water partition coefficient (Wildman–Crippen LogP) is 4.11. The van der Waals surface area contributed by atoms with Gasteiger partial charge < -0.3 is 14.5 Å². The minimum absolute atomic E-state index is 0.202. The van der Waals surface area contributed by atoms with E-state index in [0.29, 0.717) is 22.6 Å². The number of carbonyl (C=O) groups is 3. The van der Waals surface area contributed by atoms with Crippen molar-refractivity contribution in [2.45, 2.75) is 45.1 Å². The molecule has 0 spiro atoms. The Kier molecular flexibility index (Phi) is 7.87. The molecule has 0 fully saturated rings. The summed E-state index contributed by atoms with van der Waals surface area (Å²) in [5, 5.41) is 0. The van der Waals surface area contributed by atoms with Gasteiger partial charge in [0.15, 0.2) is 6.10 Å². The van der Waals surface area contributed by atoms with E-state index in [-0.39, 0.29) is 24.5 Å². The first kappa shape index (κ1) is 21.8. The number of hydrogen-bond donors (Lipinski definition) is 1. The molecule has 0 bridgehead atoms. The van der Waals surface area contributed by atoms with E-state index >= 15 is 0 Å². The lowest BCUT2D eigenvalue weighted by Gasteiger charge is -2.12. The summed E-state index contributed by atoms with van der Waals surface area (Å²) in [4.78, 5) is 40.8. The Hall–Kier alpha value is -2.54. The number of nitrogens with one attached hydrogen (secondary N) is 1. The van der Waals surface area contributed by atoms with Crippen LogP contribution in [0.5, 0.6) is 0 Å². The van der Waals surface area contributed by atoms with Crippen molar-refractivity contribution in [2.24, 2.45) is 0 Å². The summed E-state index contributed by atoms with van der Waals surface area (Å²) in [5.74, 6) is -0.719. The molecule has 2 aromatic rings. The molecule has 0 aliphatic carbocycles. The number of esters is 2. The molecule has 1 atom stereocenters. The van der Waals surface area contributed by atoms with Crippen LogP contribution in [0.1, 0.15) is 52.4 Å². The standard InChI is InChI=1S/C21H25NO5S/c1-5-26-21(25)18-13(2)19(22-14(18)3)20(24)15(4)27-17(23)11-12-28-16-9-7-6-8-10-16/h6-10,15,22H,5,11-12H2,1-4H3. The number of aryl methyl sites for hydroxylation is 1. The lowest BCUT2D eigenvalue weighted by molar-refractivity contribution is -0.145. The Morgan fingerprint density at radius 3 is 2.46 bits per heavy atom. The van der Waals surface area contributed by atoms with E-state index < -0.39 is 18.0 Å². The highest BCUT2D eigenvalue weighted by molar-refractivity contribution is 7.99. The van der Waals surface area contributed by atoms with Crippen LogP contribution >= 0.6 is 11.8 Å². The Labute approximate surface area is 169 Å². The summed E-state index contributed by atoms with van der Waals surface area (Å²) >= 11 is 1.55. The third-order valence-electron chi connectivity index (χ3n) is 4.16. The van der Waals surface area contributed by atoms with Crippen LogP contribution < -0.4 is 0 Å². The summed E-state index contributed by atoms with van der Waals surface area (Å²) in [6.07, 6.45) is -0.741. The number of carbonyl (C=O) groups excluding carboxylic acids is 3. The van der Waals surface area contributed by atoms with Crippen molar-refractivity contribution in [1.29, 1.82) is 0 Å². The third kappa shape index (κ3) is 5.48. The Bertz CT molecular complexity index is 844. The summed E-state index contributed by atoms with van der Waals surface area (Å²) in [6, 6.07) is 9.75. The number of aromatic amines is 1. The number of rotatable bonds is 9. The fraction of sp³-hybridized carbons (Fsp3) is 0.381. The van der Waals surface area contributed by atoms with E-state index in [0.717, 1.165) is 4.90 Å². The van der Waals surface area contributed by atoms with E-state index in [1.165, 1.54) is 6.92 Å². The Balaban J connectivity index is 1.94. The second kappa shape index (κ2) is 10.1. The van der Waals surface area contributed by atoms with Crippen molar-refractivity contribution in [1.82, 2.24) is 4.98 Å². The number of Topliss-reactive ketones (excluding diaryl/α,β-unsaturated/α-hetero) is 1. The average molecular weight is 404 g/mol. The maximum Gasteiger partial charge on any atom is 0.340 e. The van der Waals surface area contributed by atoms with E-state index in [9.17, 15) is 14.4 Å². The number of ketones is 1. The first-order valence-electron chi connectivity index (χ1n) is 9.13. The smallest absolute Gasteiger partial charge is 0.340 e. The summed E-state index contributed by atoms with van der Waals surface area (Å²) in [7, 11) is 0. The first-order chi connectivity index (χ1) is 13.3. The molecule has 6 nitrogen and oxygen atoms in total. The van der Waals surface area contributed by atoms with Crippen LogP contribution in [0.4, 0.5) is 0 Å². The monoisotopic (exact) mass is 403 g/mol. The van der Waals surface area contributed by atoms with Crippen molar-refractivity contribution in [3.8, 4) is 0 Å². The van der Waals surface area contributed by atoms with Gasteiger partial charge in [0.25, 0.3) is 0 Å². The van der Waals surface area contributed by atoms with Gasteiger partial charge in [-0.3, -0.25) is 9.59 Å². The second-order valence-electron chi connectivity index (χ2n) is 6.25. The number of hydrogen-bond acceptors (Lipinski definition) is 6. The molecule has 1 N–H and O–H groups in total. The number of ether oxygens (including phenoxy) is 2. The molecule has 0 amide bonds. The van der Waals surface area contributed by atoms with Crippen molar-refractivity contribution < 1.29 is 23.9 Å². The number of thioether (sulfide) groups is 1. The molecule has 150 valence electrons. The molecule has 0 saturated carbocycles. The molecule has 7 heteroatoms. The Morgan fingerprint density at radius 2 is 1.82 bits per heavy atom. The quantitative estimate of drug-likeness (QED) is 0.385. The molecular formula is C21H25NO5S. The molecule has 0 aliphatic rings. The zero-order valence-corrected chi connectivity index (χ0v) is 17.4. The maximum absolute atomic E-state index is 12.7. The molecule has 2 rings (SSSR count). The highest BCUT2D eigenvalue weighted by atomic mass is 32.2. The Morgan fingerprint density at radius 1 is 1.14 bits per heavy atom. The lowest BCUT2D eigenvalue weighted by Crippen LogP contribution is -2.25. The molecule has 1 heterocycles. The maximum atomic E-state index is 12.7. The topological polar surface area (TPSA) is 85.5 Å². The molecule has 0 aliphatic heterocycles. The van der Waals surface area contributed by atoms with Gasteiger partial charge in [0.2, 0.25) is 5.78 Å². The third-order valence-corrected chi connectivity index (χ3v) is 5.17. The normalized spacial score (nSPS) is 11.7. The zero-order valence-electron chi connectivity index (χ0n) is 16.5. The van der Waals surface area contributed by atoms with Gasteiger partial charge in [-0.15, -0.1) is 11.8 Å². The minimum atomic E-state index is -0.943. The van der Waals surface area contributed by atoms with E-state index in [1.54, 1.807) is 32.5 Å². The van der Waals surface area contributed by atoms with Gasteiger partial charge >= 0.3 is 11.9 Å². The van der Waals surface area contributed by atoms with Gasteiger partial charge in [-0.25, -0.2) is 4.79 Å². The zero-order chi connectivity index (χ0) is 20.7. The van der Waals surface area contributed by atoms with Crippen LogP contribution in [0.3, 0.4) is 0 Å². The summed E-state index contributed by atoms with van der Waals surface area (Å²) in [6.45, 7) is 6.88. The van der Waals surface area contributed by atoms with E-state index in [2.05, 4.69) is 4.98 Å². The highest BCUT2D eigenvalue weighted by Gasteiger charge is 2.27. The van der Waals surface area contributed by atoms with Gasteiger partial charge in [0.1, 0.15) is 0 Å². The molecule has 1 unspecified atom stereocenters. The predicted molar refractivity (Wildman–Crippen MR) is 108 cm³/mol. The van der Waals surface area contributed by atoms with Gasteiger partial charge in [-0.2, -0.15) is 0 Å². The summed E-state index contributed by atoms with van der Waals surface area (Å²) in [5.41, 5.74) is 1.67. The molecule has 1 aromatic carbocycles. The SMILES string of the molecule is CCOC(=O)c1c(C)[nH]c(C(=O)C(C)OC(=O)CCSc2ccccc2)c1C. The van der Waals surface area contributed by atoms with E-state index in [1.807, 2.05) is 30.3 Å². The largest absolute Gasteiger partial charge is 0.462 e. The van der Waals surface area contributed by atoms with Crippen molar-refractivity contribution in [2.75, 3.05) is 12.4 Å². The molecule has 28 heavy (non-hydrogen) atoms. The van der Waals surface area contributed by atoms with Gasteiger partial charge in [0, 0.05) is 16.3 Å². The van der Waals surface area contributed by atoms with Crippen LogP contribution in [-0.2, 0) is 14.3 Å². The van der Waals surface area contributed by atoms with Crippen LogP contribution in [0, 0.1) is 13.8 Å². The van der Waals surface area contributed by atoms with Crippen LogP contribution in [0.2, 0.25) is 0 Å². The lowest BCUT2D eigenvalue weighted by atomic mass is 10.1. The fourth-order valence-electron chi connectivity index (χ4n) is 2.79. The number of aromatic nitrogens is 1. The van der Waals surface area contributed by atoms with Crippen molar-refractivity contribution in [3.05, 3.63) is 52.8 Å². The first-order valence-corrected chi connectivity index (χ1v) is 10.1. The molecule has 1 aromatic heterocycles. The van der Waals surface area contributed by atoms with Crippen LogP contribution in [-0.4, -0.2) is 41.2 Å². The summed E-state index contributed by atoms with van der Waals surface area (Å²) < 4.78 is 10.3. The van der Waals surface area contributed by atoms with Crippen molar-refractivity contribution >= 4 is 29.5 Å². The minimum Gasteiger partial charge on any atom is -0.462 e. The van der Waals surface area contributed by atoms with Gasteiger partial charge in [-0.05, 0) is 45.4 Å². The van der Waals surface area contributed by atoms with Crippen molar-refractivity contribution in [3.63, 3.8) is 0 Å². The fourth-order valence-corrected chi connectivity index (χ4v) is 3.64.